The summed E-state index contributed by atoms with van der Waals surface area (Å²) in [5.41, 5.74) is 4.80. The normalized spacial score (nSPS) is 12.4. The Hall–Kier alpha value is -1.19. The molecule has 2 aromatic carbocycles. The fourth-order valence-corrected chi connectivity index (χ4v) is 3.08. The first-order valence-electron chi connectivity index (χ1n) is 7.25. The quantitative estimate of drug-likeness (QED) is 0.791. The summed E-state index contributed by atoms with van der Waals surface area (Å²) in [4.78, 5) is 0. The molecule has 2 aromatic rings. The fraction of sp³-hybridized carbons (Fsp3) is 0.333. The van der Waals surface area contributed by atoms with Crippen LogP contribution in [0.25, 0.3) is 0 Å². The Morgan fingerprint density at radius 1 is 1.14 bits per heavy atom. The van der Waals surface area contributed by atoms with Gasteiger partial charge in [-0.15, -0.1) is 0 Å². The van der Waals surface area contributed by atoms with Crippen LogP contribution in [-0.4, -0.2) is 6.54 Å². The van der Waals surface area contributed by atoms with Crippen LogP contribution in [0.5, 0.6) is 0 Å². The van der Waals surface area contributed by atoms with Gasteiger partial charge in [0.2, 0.25) is 0 Å². The van der Waals surface area contributed by atoms with Crippen LogP contribution in [0.15, 0.2) is 40.9 Å². The van der Waals surface area contributed by atoms with Gasteiger partial charge in [0.25, 0.3) is 0 Å². The molecule has 0 saturated heterocycles. The third kappa shape index (κ3) is 4.14. The van der Waals surface area contributed by atoms with Gasteiger partial charge in [-0.2, -0.15) is 0 Å². The Bertz CT molecular complexity index is 625. The highest BCUT2D eigenvalue weighted by Gasteiger charge is 2.16. The number of hydrogen-bond donors (Lipinski definition) is 1. The number of rotatable bonds is 5. The molecule has 0 bridgehead atoms. The van der Waals surface area contributed by atoms with Crippen LogP contribution in [-0.2, 0) is 6.42 Å². The van der Waals surface area contributed by atoms with Gasteiger partial charge in [0.1, 0.15) is 5.82 Å². The van der Waals surface area contributed by atoms with Crippen LogP contribution in [0.3, 0.4) is 0 Å². The van der Waals surface area contributed by atoms with Crippen LogP contribution in [0.2, 0.25) is 0 Å². The van der Waals surface area contributed by atoms with Gasteiger partial charge in [-0.1, -0.05) is 46.6 Å². The Kier molecular flexibility index (Phi) is 5.54. The Balaban J connectivity index is 2.35. The summed E-state index contributed by atoms with van der Waals surface area (Å²) < 4.78 is 14.5. The molecular formula is C18H21BrFN. The average molecular weight is 350 g/mol. The zero-order valence-electron chi connectivity index (χ0n) is 12.7. The van der Waals surface area contributed by atoms with E-state index in [2.05, 4.69) is 60.2 Å². The summed E-state index contributed by atoms with van der Waals surface area (Å²) in [7, 11) is 0. The molecule has 21 heavy (non-hydrogen) atoms. The summed E-state index contributed by atoms with van der Waals surface area (Å²) in [6, 6.07) is 11.5. The number of benzene rings is 2. The summed E-state index contributed by atoms with van der Waals surface area (Å²) >= 11 is 3.54. The predicted octanol–water partition coefficient (Wildman–Crippen LogP) is 5.10. The molecule has 0 aliphatic carbocycles. The third-order valence-corrected chi connectivity index (χ3v) is 4.43. The minimum absolute atomic E-state index is 0.0978. The molecule has 0 fully saturated rings. The molecule has 1 atom stereocenters. The van der Waals surface area contributed by atoms with E-state index in [-0.39, 0.29) is 11.9 Å². The lowest BCUT2D eigenvalue weighted by molar-refractivity contribution is 0.539. The van der Waals surface area contributed by atoms with E-state index in [4.69, 9.17) is 0 Å². The van der Waals surface area contributed by atoms with E-state index in [0.29, 0.717) is 0 Å². The van der Waals surface area contributed by atoms with Crippen LogP contribution in [0.4, 0.5) is 4.39 Å². The lowest BCUT2D eigenvalue weighted by atomic mass is 9.95. The monoisotopic (exact) mass is 349 g/mol. The van der Waals surface area contributed by atoms with Gasteiger partial charge >= 0.3 is 0 Å². The maximum absolute atomic E-state index is 13.6. The molecule has 2 rings (SSSR count). The summed E-state index contributed by atoms with van der Waals surface area (Å²) in [5.74, 6) is -0.197. The maximum atomic E-state index is 13.6. The van der Waals surface area contributed by atoms with E-state index in [1.807, 2.05) is 0 Å². The van der Waals surface area contributed by atoms with E-state index in [0.717, 1.165) is 23.0 Å². The molecule has 0 aliphatic rings. The van der Waals surface area contributed by atoms with Crippen molar-refractivity contribution in [1.82, 2.24) is 5.32 Å². The van der Waals surface area contributed by atoms with Crippen molar-refractivity contribution >= 4 is 15.9 Å². The molecule has 0 aromatic heterocycles. The van der Waals surface area contributed by atoms with E-state index >= 15 is 0 Å². The zero-order valence-corrected chi connectivity index (χ0v) is 14.3. The molecule has 0 heterocycles. The summed E-state index contributed by atoms with van der Waals surface area (Å²) in [6.07, 6.45) is 0.851. The first-order chi connectivity index (χ1) is 10.0. The first-order valence-corrected chi connectivity index (χ1v) is 8.05. The number of hydrogen-bond acceptors (Lipinski definition) is 1. The minimum Gasteiger partial charge on any atom is -0.310 e. The highest BCUT2D eigenvalue weighted by atomic mass is 79.9. The van der Waals surface area contributed by atoms with Crippen molar-refractivity contribution in [3.05, 3.63) is 68.9 Å². The largest absolute Gasteiger partial charge is 0.310 e. The van der Waals surface area contributed by atoms with E-state index in [9.17, 15) is 4.39 Å². The Morgan fingerprint density at radius 3 is 2.62 bits per heavy atom. The molecular weight excluding hydrogens is 329 g/mol. The lowest BCUT2D eigenvalue weighted by Gasteiger charge is -2.21. The second-order valence-corrected chi connectivity index (χ2v) is 6.26. The Labute approximate surface area is 134 Å². The second kappa shape index (κ2) is 7.19. The highest BCUT2D eigenvalue weighted by Crippen LogP contribution is 2.28. The van der Waals surface area contributed by atoms with Gasteiger partial charge in [0, 0.05) is 10.5 Å². The highest BCUT2D eigenvalue weighted by molar-refractivity contribution is 9.10. The molecule has 0 radical (unpaired) electrons. The molecule has 0 amide bonds. The van der Waals surface area contributed by atoms with Crippen molar-refractivity contribution in [3.8, 4) is 0 Å². The number of nitrogens with one attached hydrogen (secondary N) is 1. The van der Waals surface area contributed by atoms with Gasteiger partial charge in [0.05, 0.1) is 0 Å². The van der Waals surface area contributed by atoms with Gasteiger partial charge in [-0.25, -0.2) is 4.39 Å². The number of aryl methyl sites for hydroxylation is 2. The maximum Gasteiger partial charge on any atom is 0.123 e. The van der Waals surface area contributed by atoms with Crippen molar-refractivity contribution in [2.45, 2.75) is 33.2 Å². The van der Waals surface area contributed by atoms with Crippen molar-refractivity contribution < 1.29 is 4.39 Å². The van der Waals surface area contributed by atoms with Crippen LogP contribution in [0, 0.1) is 19.7 Å². The first kappa shape index (κ1) is 16.2. The molecule has 0 aliphatic heterocycles. The van der Waals surface area contributed by atoms with Gasteiger partial charge < -0.3 is 5.32 Å². The van der Waals surface area contributed by atoms with Gasteiger partial charge in [-0.05, 0) is 61.7 Å². The number of halogens is 2. The smallest absolute Gasteiger partial charge is 0.123 e. The van der Waals surface area contributed by atoms with Crippen molar-refractivity contribution in [2.24, 2.45) is 0 Å². The molecule has 1 unspecified atom stereocenters. The summed E-state index contributed by atoms with van der Waals surface area (Å²) in [5, 5.41) is 3.47. The molecule has 112 valence electrons. The topological polar surface area (TPSA) is 12.0 Å². The molecule has 0 saturated carbocycles. The van der Waals surface area contributed by atoms with E-state index in [1.165, 1.54) is 22.8 Å². The van der Waals surface area contributed by atoms with Crippen LogP contribution in [0.1, 0.15) is 35.2 Å². The fourth-order valence-electron chi connectivity index (χ4n) is 2.56. The van der Waals surface area contributed by atoms with Gasteiger partial charge in [-0.3, -0.25) is 0 Å². The summed E-state index contributed by atoms with van der Waals surface area (Å²) in [6.45, 7) is 7.14. The SMILES string of the molecule is CCNC(Cc1cc(C)ccc1C)c1cc(F)ccc1Br. The van der Waals surface area contributed by atoms with Crippen molar-refractivity contribution in [1.29, 1.82) is 0 Å². The van der Waals surface area contributed by atoms with Crippen LogP contribution >= 0.6 is 15.9 Å². The third-order valence-electron chi connectivity index (χ3n) is 3.71. The standard InChI is InChI=1S/C18H21BrFN/c1-4-21-18(16-11-15(20)7-8-17(16)19)10-14-9-12(2)5-6-13(14)3/h5-9,11,18,21H,4,10H2,1-3H3. The predicted molar refractivity (Wildman–Crippen MR) is 90.1 cm³/mol. The average Bonchev–Trinajstić information content (AvgIpc) is 2.45. The van der Waals surface area contributed by atoms with E-state index in [1.54, 1.807) is 12.1 Å². The molecule has 0 spiro atoms. The second-order valence-electron chi connectivity index (χ2n) is 5.41. The molecule has 3 heteroatoms. The zero-order chi connectivity index (χ0) is 15.4. The van der Waals surface area contributed by atoms with Gasteiger partial charge in [0.15, 0.2) is 0 Å². The minimum atomic E-state index is -0.197. The van der Waals surface area contributed by atoms with E-state index < -0.39 is 0 Å². The lowest BCUT2D eigenvalue weighted by Crippen LogP contribution is -2.23. The Morgan fingerprint density at radius 2 is 1.90 bits per heavy atom. The molecule has 1 N–H and O–H groups in total. The number of likely N-dealkylation sites (N-methyl/N-ethyl adjacent to an activating group) is 1. The van der Waals surface area contributed by atoms with Crippen molar-refractivity contribution in [3.63, 3.8) is 0 Å². The van der Waals surface area contributed by atoms with Crippen LogP contribution < -0.4 is 5.32 Å². The molecule has 1 nitrogen and oxygen atoms in total. The van der Waals surface area contributed by atoms with Crippen molar-refractivity contribution in [2.75, 3.05) is 6.54 Å².